The van der Waals surface area contributed by atoms with Crippen molar-refractivity contribution in [3.8, 4) is 0 Å². The van der Waals surface area contributed by atoms with Crippen molar-refractivity contribution in [2.45, 2.75) is 25.4 Å². The lowest BCUT2D eigenvalue weighted by Gasteiger charge is -2.02. The molecule has 0 amide bonds. The molecule has 2 aromatic heterocycles. The predicted octanol–water partition coefficient (Wildman–Crippen LogP) is 2.87. The smallest absolute Gasteiger partial charge is 0.195 e. The van der Waals surface area contributed by atoms with Gasteiger partial charge in [-0.2, -0.15) is 0 Å². The summed E-state index contributed by atoms with van der Waals surface area (Å²) in [5, 5.41) is 9.27. The van der Waals surface area contributed by atoms with Gasteiger partial charge >= 0.3 is 0 Å². The van der Waals surface area contributed by atoms with Crippen molar-refractivity contribution in [1.29, 1.82) is 0 Å². The Hall–Kier alpha value is -1.03. The highest BCUT2D eigenvalue weighted by molar-refractivity contribution is 7.99. The van der Waals surface area contributed by atoms with E-state index in [0.717, 1.165) is 22.5 Å². The van der Waals surface area contributed by atoms with Gasteiger partial charge in [-0.3, -0.25) is 4.40 Å². The maximum Gasteiger partial charge on any atom is 0.195 e. The second kappa shape index (κ2) is 4.66. The number of hydrogen-bond acceptors (Lipinski definition) is 3. The van der Waals surface area contributed by atoms with Crippen LogP contribution in [0.1, 0.15) is 20.3 Å². The van der Waals surface area contributed by atoms with Gasteiger partial charge in [0.15, 0.2) is 10.8 Å². The first-order valence-electron chi connectivity index (χ1n) is 5.20. The second-order valence-corrected chi connectivity index (χ2v) is 5.00. The zero-order valence-corrected chi connectivity index (χ0v) is 9.87. The topological polar surface area (TPSA) is 30.2 Å². The summed E-state index contributed by atoms with van der Waals surface area (Å²) in [7, 11) is 0. The molecule has 4 heteroatoms. The summed E-state index contributed by atoms with van der Waals surface area (Å²) in [6.07, 6.45) is 3.22. The van der Waals surface area contributed by atoms with E-state index in [0.29, 0.717) is 0 Å². The quantitative estimate of drug-likeness (QED) is 0.744. The maximum absolute atomic E-state index is 4.17. The van der Waals surface area contributed by atoms with Crippen molar-refractivity contribution >= 4 is 17.4 Å². The van der Waals surface area contributed by atoms with E-state index in [-0.39, 0.29) is 0 Å². The molecule has 2 heterocycles. The van der Waals surface area contributed by atoms with Crippen LogP contribution in [0.2, 0.25) is 0 Å². The van der Waals surface area contributed by atoms with Gasteiger partial charge in [-0.05, 0) is 24.5 Å². The molecular weight excluding hydrogens is 206 g/mol. The fourth-order valence-electron chi connectivity index (χ4n) is 1.30. The van der Waals surface area contributed by atoms with Gasteiger partial charge in [-0.15, -0.1) is 10.2 Å². The Kier molecular flexibility index (Phi) is 3.26. The molecule has 0 aliphatic carbocycles. The van der Waals surface area contributed by atoms with Crippen LogP contribution in [0.5, 0.6) is 0 Å². The van der Waals surface area contributed by atoms with E-state index >= 15 is 0 Å². The first kappa shape index (κ1) is 10.5. The van der Waals surface area contributed by atoms with Crippen LogP contribution >= 0.6 is 11.8 Å². The van der Waals surface area contributed by atoms with Crippen LogP contribution in [0.25, 0.3) is 5.65 Å². The first-order valence-corrected chi connectivity index (χ1v) is 6.18. The number of hydrogen-bond donors (Lipinski definition) is 0. The summed E-state index contributed by atoms with van der Waals surface area (Å²) >= 11 is 1.77. The number of pyridine rings is 1. The van der Waals surface area contributed by atoms with Crippen LogP contribution in [0, 0.1) is 5.92 Å². The van der Waals surface area contributed by atoms with Crippen LogP contribution in [0.4, 0.5) is 0 Å². The summed E-state index contributed by atoms with van der Waals surface area (Å²) in [5.74, 6) is 1.85. The van der Waals surface area contributed by atoms with E-state index in [1.807, 2.05) is 28.8 Å². The minimum absolute atomic E-state index is 0.747. The van der Waals surface area contributed by atoms with Crippen molar-refractivity contribution < 1.29 is 0 Å². The van der Waals surface area contributed by atoms with Crippen molar-refractivity contribution in [2.75, 3.05) is 5.75 Å². The van der Waals surface area contributed by atoms with Crippen molar-refractivity contribution in [3.05, 3.63) is 24.4 Å². The molecule has 0 radical (unpaired) electrons. The lowest BCUT2D eigenvalue weighted by Crippen LogP contribution is -1.92. The van der Waals surface area contributed by atoms with Crippen molar-refractivity contribution in [1.82, 2.24) is 14.6 Å². The Labute approximate surface area is 93.9 Å². The van der Waals surface area contributed by atoms with Crippen LogP contribution in [-0.4, -0.2) is 20.4 Å². The van der Waals surface area contributed by atoms with E-state index in [4.69, 9.17) is 0 Å². The highest BCUT2D eigenvalue weighted by Gasteiger charge is 2.04. The number of thioether (sulfide) groups is 1. The molecule has 0 atom stereocenters. The van der Waals surface area contributed by atoms with Gasteiger partial charge in [-0.25, -0.2) is 0 Å². The summed E-state index contributed by atoms with van der Waals surface area (Å²) in [6, 6.07) is 5.95. The third-order valence-electron chi connectivity index (χ3n) is 2.21. The second-order valence-electron chi connectivity index (χ2n) is 3.94. The van der Waals surface area contributed by atoms with E-state index < -0.39 is 0 Å². The molecule has 3 nitrogen and oxygen atoms in total. The Morgan fingerprint density at radius 3 is 3.00 bits per heavy atom. The average molecular weight is 221 g/mol. The van der Waals surface area contributed by atoms with Gasteiger partial charge in [-0.1, -0.05) is 31.7 Å². The molecule has 2 aromatic rings. The molecule has 80 valence electrons. The van der Waals surface area contributed by atoms with Gasteiger partial charge in [0.2, 0.25) is 0 Å². The van der Waals surface area contributed by atoms with Crippen LogP contribution in [0.15, 0.2) is 29.6 Å². The van der Waals surface area contributed by atoms with E-state index in [9.17, 15) is 0 Å². The third kappa shape index (κ3) is 2.50. The molecule has 0 aromatic carbocycles. The fourth-order valence-corrected chi connectivity index (χ4v) is 2.47. The highest BCUT2D eigenvalue weighted by atomic mass is 32.2. The largest absolute Gasteiger partial charge is 0.277 e. The molecule has 0 saturated carbocycles. The minimum Gasteiger partial charge on any atom is -0.277 e. The monoisotopic (exact) mass is 221 g/mol. The number of nitrogens with zero attached hydrogens (tertiary/aromatic N) is 3. The molecule has 0 saturated heterocycles. The van der Waals surface area contributed by atoms with Crippen LogP contribution in [0.3, 0.4) is 0 Å². The highest BCUT2D eigenvalue weighted by Crippen LogP contribution is 2.18. The van der Waals surface area contributed by atoms with Crippen molar-refractivity contribution in [3.63, 3.8) is 0 Å². The van der Waals surface area contributed by atoms with Crippen LogP contribution in [-0.2, 0) is 0 Å². The predicted molar refractivity (Wildman–Crippen MR) is 63.2 cm³/mol. The number of fused-ring (bicyclic) bond motifs is 1. The van der Waals surface area contributed by atoms with E-state index in [2.05, 4.69) is 24.0 Å². The van der Waals surface area contributed by atoms with Gasteiger partial charge in [0.05, 0.1) is 0 Å². The number of rotatable bonds is 4. The molecule has 0 unspecified atom stereocenters. The van der Waals surface area contributed by atoms with Gasteiger partial charge in [0, 0.05) is 11.9 Å². The molecule has 0 bridgehead atoms. The molecule has 0 fully saturated rings. The molecule has 0 aliphatic rings. The zero-order valence-electron chi connectivity index (χ0n) is 9.05. The van der Waals surface area contributed by atoms with Gasteiger partial charge < -0.3 is 0 Å². The normalized spacial score (nSPS) is 11.4. The maximum atomic E-state index is 4.17. The Balaban J connectivity index is 2.08. The Morgan fingerprint density at radius 2 is 2.20 bits per heavy atom. The number of aromatic nitrogens is 3. The van der Waals surface area contributed by atoms with Crippen molar-refractivity contribution in [2.24, 2.45) is 5.92 Å². The lowest BCUT2D eigenvalue weighted by molar-refractivity contribution is 0.631. The third-order valence-corrected chi connectivity index (χ3v) is 3.19. The van der Waals surface area contributed by atoms with Gasteiger partial charge in [0.25, 0.3) is 0 Å². The summed E-state index contributed by atoms with van der Waals surface area (Å²) in [4.78, 5) is 0. The SMILES string of the molecule is CC(C)CCSc1nnc2ccccn12. The molecule has 0 aliphatic heterocycles. The van der Waals surface area contributed by atoms with E-state index in [1.165, 1.54) is 6.42 Å². The Bertz CT molecular complexity index is 436. The molecular formula is C11H15N3S. The molecule has 2 rings (SSSR count). The minimum atomic E-state index is 0.747. The fraction of sp³-hybridized carbons (Fsp3) is 0.455. The Morgan fingerprint density at radius 1 is 1.33 bits per heavy atom. The molecule has 15 heavy (non-hydrogen) atoms. The zero-order chi connectivity index (χ0) is 10.7. The average Bonchev–Trinajstić information content (AvgIpc) is 2.62. The van der Waals surface area contributed by atoms with E-state index in [1.54, 1.807) is 11.8 Å². The summed E-state index contributed by atoms with van der Waals surface area (Å²) in [5.41, 5.74) is 0.921. The standard InChI is InChI=1S/C11H15N3S/c1-9(2)6-8-15-11-13-12-10-5-3-4-7-14(10)11/h3-5,7,9H,6,8H2,1-2H3. The molecule has 0 spiro atoms. The summed E-state index contributed by atoms with van der Waals surface area (Å²) < 4.78 is 2.03. The van der Waals surface area contributed by atoms with Gasteiger partial charge in [0.1, 0.15) is 0 Å². The summed E-state index contributed by atoms with van der Waals surface area (Å²) in [6.45, 7) is 4.48. The molecule has 0 N–H and O–H groups in total. The first-order chi connectivity index (χ1) is 7.27. The van der Waals surface area contributed by atoms with Crippen LogP contribution < -0.4 is 0 Å². The lowest BCUT2D eigenvalue weighted by atomic mass is 10.2.